The molecule has 0 bridgehead atoms. The second-order valence-corrected chi connectivity index (χ2v) is 4.13. The summed E-state index contributed by atoms with van der Waals surface area (Å²) < 4.78 is 4.70. The fraction of sp³-hybridized carbons (Fsp3) is 0.385. The maximum absolute atomic E-state index is 11.9. The monoisotopic (exact) mass is 264 g/mol. The van der Waals surface area contributed by atoms with Gasteiger partial charge in [-0.25, -0.2) is 4.79 Å². The summed E-state index contributed by atoms with van der Waals surface area (Å²) in [5, 5.41) is 4.43. The van der Waals surface area contributed by atoms with Gasteiger partial charge < -0.3 is 14.9 Å². The van der Waals surface area contributed by atoms with E-state index in [2.05, 4.69) is 5.32 Å². The van der Waals surface area contributed by atoms with E-state index in [4.69, 9.17) is 9.57 Å². The predicted octanol–water partition coefficient (Wildman–Crippen LogP) is 0.205. The number of nitrogens with one attached hydrogen (secondary N) is 1. The number of hydrogen-bond donors (Lipinski definition) is 1. The van der Waals surface area contributed by atoms with Gasteiger partial charge in [0, 0.05) is 19.6 Å². The van der Waals surface area contributed by atoms with E-state index < -0.39 is 18.0 Å². The summed E-state index contributed by atoms with van der Waals surface area (Å²) in [6.07, 6.45) is 0. The Kier molecular flexibility index (Phi) is 4.48. The first-order valence-electron chi connectivity index (χ1n) is 6.05. The largest absolute Gasteiger partial charge is 0.468 e. The Morgan fingerprint density at radius 1 is 1.32 bits per heavy atom. The number of methoxy groups -OCH3 is 1. The van der Waals surface area contributed by atoms with Crippen LogP contribution in [0.15, 0.2) is 30.3 Å². The summed E-state index contributed by atoms with van der Waals surface area (Å²) >= 11 is 0. The minimum atomic E-state index is -0.605. The van der Waals surface area contributed by atoms with Crippen molar-refractivity contribution in [3.8, 4) is 0 Å². The molecule has 1 N–H and O–H groups in total. The number of carbonyl (C=O) groups is 2. The van der Waals surface area contributed by atoms with Crippen LogP contribution in [-0.4, -0.2) is 49.8 Å². The van der Waals surface area contributed by atoms with Gasteiger partial charge in [0.1, 0.15) is 0 Å². The standard InChI is InChI=1S/C13H16N2O4/c1-18-13(17)11-9-14-7-8-15(11)19-12(16)10-5-3-2-4-6-10/h2-6,11,14H,7-9H2,1H3. The average Bonchev–Trinajstić information content (AvgIpc) is 2.48. The number of esters is 1. The Bertz CT molecular complexity index is 449. The van der Waals surface area contributed by atoms with E-state index in [1.807, 2.05) is 6.07 Å². The predicted molar refractivity (Wildman–Crippen MR) is 67.2 cm³/mol. The molecule has 1 saturated heterocycles. The SMILES string of the molecule is COC(=O)C1CNCCN1OC(=O)c1ccccc1. The van der Waals surface area contributed by atoms with E-state index in [-0.39, 0.29) is 0 Å². The molecule has 1 aromatic rings. The number of ether oxygens (including phenoxy) is 1. The summed E-state index contributed by atoms with van der Waals surface area (Å²) in [6.45, 7) is 1.49. The van der Waals surface area contributed by atoms with Gasteiger partial charge >= 0.3 is 11.9 Å². The smallest absolute Gasteiger partial charge is 0.357 e. The van der Waals surface area contributed by atoms with Crippen LogP contribution in [0.25, 0.3) is 0 Å². The van der Waals surface area contributed by atoms with Crippen LogP contribution < -0.4 is 5.32 Å². The third-order valence-corrected chi connectivity index (χ3v) is 2.88. The molecule has 1 aromatic carbocycles. The highest BCUT2D eigenvalue weighted by atomic mass is 16.7. The van der Waals surface area contributed by atoms with Gasteiger partial charge in [0.25, 0.3) is 0 Å². The molecule has 1 unspecified atom stereocenters. The van der Waals surface area contributed by atoms with Crippen molar-refractivity contribution in [1.29, 1.82) is 0 Å². The molecule has 19 heavy (non-hydrogen) atoms. The molecular formula is C13H16N2O4. The molecule has 0 saturated carbocycles. The Labute approximate surface area is 111 Å². The highest BCUT2D eigenvalue weighted by Gasteiger charge is 2.32. The molecule has 1 aliphatic rings. The first-order valence-corrected chi connectivity index (χ1v) is 6.05. The molecular weight excluding hydrogens is 248 g/mol. The zero-order valence-electron chi connectivity index (χ0n) is 10.7. The van der Waals surface area contributed by atoms with Crippen molar-refractivity contribution < 1.29 is 19.2 Å². The van der Waals surface area contributed by atoms with Gasteiger partial charge in [0.05, 0.1) is 12.7 Å². The van der Waals surface area contributed by atoms with Crippen molar-refractivity contribution in [3.63, 3.8) is 0 Å². The summed E-state index contributed by atoms with van der Waals surface area (Å²) in [7, 11) is 1.31. The zero-order valence-corrected chi connectivity index (χ0v) is 10.7. The van der Waals surface area contributed by atoms with Gasteiger partial charge in [-0.1, -0.05) is 18.2 Å². The molecule has 1 atom stereocenters. The lowest BCUT2D eigenvalue weighted by atomic mass is 10.2. The summed E-state index contributed by atoms with van der Waals surface area (Å²) in [5.74, 6) is -0.899. The second kappa shape index (κ2) is 6.31. The Morgan fingerprint density at radius 3 is 2.74 bits per heavy atom. The van der Waals surface area contributed by atoms with Crippen LogP contribution in [-0.2, 0) is 14.4 Å². The van der Waals surface area contributed by atoms with E-state index in [0.29, 0.717) is 25.2 Å². The maximum Gasteiger partial charge on any atom is 0.357 e. The molecule has 1 aliphatic heterocycles. The topological polar surface area (TPSA) is 67.9 Å². The van der Waals surface area contributed by atoms with Crippen LogP contribution in [0.5, 0.6) is 0 Å². The lowest BCUT2D eigenvalue weighted by Crippen LogP contribution is -2.55. The normalized spacial score (nSPS) is 19.7. The number of rotatable bonds is 3. The minimum Gasteiger partial charge on any atom is -0.468 e. The molecule has 6 heteroatoms. The fourth-order valence-electron chi connectivity index (χ4n) is 1.87. The van der Waals surface area contributed by atoms with E-state index in [0.717, 1.165) is 0 Å². The van der Waals surface area contributed by atoms with Crippen molar-refractivity contribution in [2.45, 2.75) is 6.04 Å². The van der Waals surface area contributed by atoms with Gasteiger partial charge in [-0.15, -0.1) is 5.06 Å². The van der Waals surface area contributed by atoms with E-state index in [1.54, 1.807) is 24.3 Å². The van der Waals surface area contributed by atoms with Gasteiger partial charge in [-0.05, 0) is 12.1 Å². The van der Waals surface area contributed by atoms with E-state index in [9.17, 15) is 9.59 Å². The lowest BCUT2D eigenvalue weighted by Gasteiger charge is -2.32. The van der Waals surface area contributed by atoms with Gasteiger partial charge in [-0.2, -0.15) is 0 Å². The number of nitrogens with zero attached hydrogens (tertiary/aromatic N) is 1. The number of hydroxylamine groups is 2. The minimum absolute atomic E-state index is 0.398. The quantitative estimate of drug-likeness (QED) is 0.787. The van der Waals surface area contributed by atoms with Crippen molar-refractivity contribution >= 4 is 11.9 Å². The van der Waals surface area contributed by atoms with Crippen molar-refractivity contribution in [2.75, 3.05) is 26.7 Å². The molecule has 0 amide bonds. The number of benzene rings is 1. The van der Waals surface area contributed by atoms with Crippen LogP contribution in [0, 0.1) is 0 Å². The summed E-state index contributed by atoms with van der Waals surface area (Å²) in [4.78, 5) is 28.8. The average molecular weight is 264 g/mol. The highest BCUT2D eigenvalue weighted by Crippen LogP contribution is 2.09. The molecule has 0 spiro atoms. The van der Waals surface area contributed by atoms with Crippen molar-refractivity contribution in [2.24, 2.45) is 0 Å². The Hall–Kier alpha value is -1.92. The van der Waals surface area contributed by atoms with Crippen molar-refractivity contribution in [3.05, 3.63) is 35.9 Å². The molecule has 6 nitrogen and oxygen atoms in total. The Balaban J connectivity index is 2.03. The fourth-order valence-corrected chi connectivity index (χ4v) is 1.87. The first kappa shape index (κ1) is 13.5. The number of piperazine rings is 1. The summed E-state index contributed by atoms with van der Waals surface area (Å²) in [5.41, 5.74) is 0.449. The van der Waals surface area contributed by atoms with E-state index in [1.165, 1.54) is 12.2 Å². The number of carbonyl (C=O) groups excluding carboxylic acids is 2. The van der Waals surface area contributed by atoms with Crippen LogP contribution in [0.4, 0.5) is 0 Å². The van der Waals surface area contributed by atoms with Crippen LogP contribution in [0.1, 0.15) is 10.4 Å². The lowest BCUT2D eigenvalue weighted by molar-refractivity contribution is -0.178. The van der Waals surface area contributed by atoms with Gasteiger partial charge in [0.2, 0.25) is 0 Å². The summed E-state index contributed by atoms with van der Waals surface area (Å²) in [6, 6.07) is 8.05. The zero-order chi connectivity index (χ0) is 13.7. The first-order chi connectivity index (χ1) is 9.22. The third-order valence-electron chi connectivity index (χ3n) is 2.88. The highest BCUT2D eigenvalue weighted by molar-refractivity contribution is 5.89. The maximum atomic E-state index is 11.9. The van der Waals surface area contributed by atoms with E-state index >= 15 is 0 Å². The molecule has 2 rings (SSSR count). The molecule has 0 aliphatic carbocycles. The Morgan fingerprint density at radius 2 is 2.05 bits per heavy atom. The van der Waals surface area contributed by atoms with Crippen LogP contribution in [0.2, 0.25) is 0 Å². The molecule has 1 heterocycles. The third kappa shape index (κ3) is 3.30. The molecule has 102 valence electrons. The van der Waals surface area contributed by atoms with Gasteiger partial charge in [-0.3, -0.25) is 4.79 Å². The van der Waals surface area contributed by atoms with Crippen molar-refractivity contribution in [1.82, 2.24) is 10.4 Å². The van der Waals surface area contributed by atoms with Crippen LogP contribution in [0.3, 0.4) is 0 Å². The number of hydrogen-bond acceptors (Lipinski definition) is 6. The molecule has 0 radical (unpaired) electrons. The van der Waals surface area contributed by atoms with Gasteiger partial charge in [0.15, 0.2) is 6.04 Å². The molecule has 0 aromatic heterocycles. The molecule has 1 fully saturated rings. The van der Waals surface area contributed by atoms with Crippen LogP contribution >= 0.6 is 0 Å². The second-order valence-electron chi connectivity index (χ2n) is 4.13.